The second-order valence-electron chi connectivity index (χ2n) is 7.23. The van der Waals surface area contributed by atoms with Crippen LogP contribution >= 0.6 is 23.2 Å². The summed E-state index contributed by atoms with van der Waals surface area (Å²) in [6, 6.07) is 13.9. The number of hydrogen-bond acceptors (Lipinski definition) is 2. The summed E-state index contributed by atoms with van der Waals surface area (Å²) in [4.78, 5) is 27.3. The molecule has 0 aliphatic carbocycles. The molecule has 0 saturated heterocycles. The summed E-state index contributed by atoms with van der Waals surface area (Å²) in [5, 5.41) is 4.09. The lowest BCUT2D eigenvalue weighted by molar-refractivity contribution is -0.140. The van der Waals surface area contributed by atoms with E-state index in [4.69, 9.17) is 23.2 Å². The Kier molecular flexibility index (Phi) is 8.34. The number of halogens is 2. The van der Waals surface area contributed by atoms with Crippen LogP contribution in [0.15, 0.2) is 48.5 Å². The maximum atomic E-state index is 13.1. The molecular formula is C22H26Cl2N2O2. The van der Waals surface area contributed by atoms with Crippen molar-refractivity contribution in [1.29, 1.82) is 0 Å². The number of nitrogens with zero attached hydrogens (tertiary/aromatic N) is 1. The van der Waals surface area contributed by atoms with Crippen molar-refractivity contribution in [2.24, 2.45) is 5.92 Å². The van der Waals surface area contributed by atoms with Gasteiger partial charge in [-0.3, -0.25) is 9.59 Å². The van der Waals surface area contributed by atoms with Gasteiger partial charge in [-0.25, -0.2) is 0 Å². The number of carbonyl (C=O) groups excluding carboxylic acids is 2. The van der Waals surface area contributed by atoms with E-state index in [0.29, 0.717) is 22.5 Å². The van der Waals surface area contributed by atoms with Crippen molar-refractivity contribution in [3.8, 4) is 0 Å². The number of hydrogen-bond donors (Lipinski definition) is 1. The van der Waals surface area contributed by atoms with Crippen LogP contribution in [0.4, 0.5) is 0 Å². The quantitative estimate of drug-likeness (QED) is 0.670. The van der Waals surface area contributed by atoms with Crippen LogP contribution in [-0.4, -0.2) is 29.3 Å². The van der Waals surface area contributed by atoms with E-state index in [1.807, 2.05) is 44.2 Å². The minimum absolute atomic E-state index is 0.144. The predicted molar refractivity (Wildman–Crippen MR) is 114 cm³/mol. The van der Waals surface area contributed by atoms with Crippen molar-refractivity contribution in [3.63, 3.8) is 0 Å². The minimum Gasteiger partial charge on any atom is -0.354 e. The Labute approximate surface area is 176 Å². The first-order chi connectivity index (χ1) is 13.3. The van der Waals surface area contributed by atoms with Gasteiger partial charge in [0.25, 0.3) is 0 Å². The third-order valence-corrected chi connectivity index (χ3v) is 5.04. The van der Waals surface area contributed by atoms with Gasteiger partial charge in [0.15, 0.2) is 0 Å². The van der Waals surface area contributed by atoms with E-state index in [0.717, 1.165) is 11.1 Å². The number of benzene rings is 2. The van der Waals surface area contributed by atoms with Crippen LogP contribution in [0.5, 0.6) is 0 Å². The van der Waals surface area contributed by atoms with Gasteiger partial charge < -0.3 is 10.2 Å². The molecule has 28 heavy (non-hydrogen) atoms. The second kappa shape index (κ2) is 10.5. The average Bonchev–Trinajstić information content (AvgIpc) is 2.66. The predicted octanol–water partition coefficient (Wildman–Crippen LogP) is 4.73. The summed E-state index contributed by atoms with van der Waals surface area (Å²) in [5.74, 6) is 0.0117. The zero-order valence-corrected chi connectivity index (χ0v) is 17.9. The van der Waals surface area contributed by atoms with Gasteiger partial charge in [-0.1, -0.05) is 67.4 Å². The first kappa shape index (κ1) is 22.3. The molecule has 150 valence electrons. The van der Waals surface area contributed by atoms with E-state index in [9.17, 15) is 9.59 Å². The molecule has 2 rings (SSSR count). The van der Waals surface area contributed by atoms with Crippen molar-refractivity contribution in [2.45, 2.75) is 39.8 Å². The summed E-state index contributed by atoms with van der Waals surface area (Å²) in [6.45, 7) is 6.62. The topological polar surface area (TPSA) is 49.4 Å². The van der Waals surface area contributed by atoms with Gasteiger partial charge in [-0.15, -0.1) is 0 Å². The highest BCUT2D eigenvalue weighted by Gasteiger charge is 2.26. The van der Waals surface area contributed by atoms with E-state index < -0.39 is 6.04 Å². The van der Waals surface area contributed by atoms with Gasteiger partial charge in [0.05, 0.1) is 6.42 Å². The molecule has 0 radical (unpaired) electrons. The molecule has 4 nitrogen and oxygen atoms in total. The second-order valence-corrected chi connectivity index (χ2v) is 8.07. The Balaban J connectivity index is 2.21. The Morgan fingerprint density at radius 2 is 1.64 bits per heavy atom. The molecule has 1 N–H and O–H groups in total. The van der Waals surface area contributed by atoms with Crippen LogP contribution in [0.1, 0.15) is 31.9 Å². The zero-order valence-electron chi connectivity index (χ0n) is 16.4. The fourth-order valence-corrected chi connectivity index (χ4v) is 3.05. The van der Waals surface area contributed by atoms with E-state index >= 15 is 0 Å². The largest absolute Gasteiger partial charge is 0.354 e. The highest BCUT2D eigenvalue weighted by atomic mass is 35.5. The highest BCUT2D eigenvalue weighted by Crippen LogP contribution is 2.20. The van der Waals surface area contributed by atoms with Crippen molar-refractivity contribution in [3.05, 3.63) is 69.7 Å². The van der Waals surface area contributed by atoms with Crippen molar-refractivity contribution < 1.29 is 9.59 Å². The summed E-state index contributed by atoms with van der Waals surface area (Å²) in [5.41, 5.74) is 1.64. The van der Waals surface area contributed by atoms with Gasteiger partial charge in [0.2, 0.25) is 11.8 Å². The molecule has 0 fully saturated rings. The summed E-state index contributed by atoms with van der Waals surface area (Å²) < 4.78 is 0. The SMILES string of the molecule is CC(C)CNC(=O)[C@H](C)N(Cc1ccccc1Cl)C(=O)Cc1ccc(Cl)cc1. The fourth-order valence-electron chi connectivity index (χ4n) is 2.72. The third-order valence-electron chi connectivity index (χ3n) is 4.42. The van der Waals surface area contributed by atoms with Crippen LogP contribution in [0, 0.1) is 5.92 Å². The zero-order chi connectivity index (χ0) is 20.7. The van der Waals surface area contributed by atoms with Crippen molar-refractivity contribution in [1.82, 2.24) is 10.2 Å². The highest BCUT2D eigenvalue weighted by molar-refractivity contribution is 6.31. The molecule has 0 heterocycles. The molecule has 0 saturated carbocycles. The molecule has 6 heteroatoms. The average molecular weight is 421 g/mol. The van der Waals surface area contributed by atoms with Gasteiger partial charge in [-0.05, 0) is 42.2 Å². The molecule has 0 aromatic heterocycles. The van der Waals surface area contributed by atoms with Crippen molar-refractivity contribution in [2.75, 3.05) is 6.54 Å². The van der Waals surface area contributed by atoms with E-state index in [2.05, 4.69) is 5.32 Å². The van der Waals surface area contributed by atoms with E-state index in [1.54, 1.807) is 30.0 Å². The van der Waals surface area contributed by atoms with Crippen molar-refractivity contribution >= 4 is 35.0 Å². The van der Waals surface area contributed by atoms with Crippen LogP contribution in [0.2, 0.25) is 10.0 Å². The number of amides is 2. The molecule has 0 aliphatic heterocycles. The molecule has 0 bridgehead atoms. The Hall–Kier alpha value is -2.04. The van der Waals surface area contributed by atoms with Crippen LogP contribution in [-0.2, 0) is 22.6 Å². The minimum atomic E-state index is -0.616. The lowest BCUT2D eigenvalue weighted by atomic mass is 10.1. The molecule has 2 amide bonds. The maximum Gasteiger partial charge on any atom is 0.242 e. The molecular weight excluding hydrogens is 395 g/mol. The third kappa shape index (κ3) is 6.54. The lowest BCUT2D eigenvalue weighted by Crippen LogP contribution is -2.48. The van der Waals surface area contributed by atoms with Gasteiger partial charge in [0, 0.05) is 23.1 Å². The standard InChI is InChI=1S/C22H26Cl2N2O2/c1-15(2)13-25-22(28)16(3)26(14-18-6-4-5-7-20(18)24)21(27)12-17-8-10-19(23)11-9-17/h4-11,15-16H,12-14H2,1-3H3,(H,25,28)/t16-/m0/s1. The van der Waals surface area contributed by atoms with E-state index in [1.165, 1.54) is 0 Å². The van der Waals surface area contributed by atoms with Gasteiger partial charge in [-0.2, -0.15) is 0 Å². The number of carbonyl (C=O) groups is 2. The van der Waals surface area contributed by atoms with Gasteiger partial charge in [0.1, 0.15) is 6.04 Å². The summed E-state index contributed by atoms with van der Waals surface area (Å²) >= 11 is 12.2. The smallest absolute Gasteiger partial charge is 0.242 e. The monoisotopic (exact) mass is 420 g/mol. The summed E-state index contributed by atoms with van der Waals surface area (Å²) in [6.07, 6.45) is 0.184. The van der Waals surface area contributed by atoms with Crippen LogP contribution < -0.4 is 5.32 Å². The van der Waals surface area contributed by atoms with Crippen LogP contribution in [0.25, 0.3) is 0 Å². The molecule has 0 spiro atoms. The molecule has 2 aromatic rings. The Bertz CT molecular complexity index is 806. The van der Waals surface area contributed by atoms with Crippen LogP contribution in [0.3, 0.4) is 0 Å². The van der Waals surface area contributed by atoms with Gasteiger partial charge >= 0.3 is 0 Å². The Morgan fingerprint density at radius 1 is 1.00 bits per heavy atom. The molecule has 0 aliphatic rings. The molecule has 2 aromatic carbocycles. The number of rotatable bonds is 8. The first-order valence-electron chi connectivity index (χ1n) is 9.33. The fraction of sp³-hybridized carbons (Fsp3) is 0.364. The first-order valence-corrected chi connectivity index (χ1v) is 10.1. The maximum absolute atomic E-state index is 13.1. The molecule has 1 atom stereocenters. The summed E-state index contributed by atoms with van der Waals surface area (Å²) in [7, 11) is 0. The normalized spacial score (nSPS) is 11.9. The van der Waals surface area contributed by atoms with E-state index in [-0.39, 0.29) is 24.8 Å². The molecule has 0 unspecified atom stereocenters. The number of nitrogens with one attached hydrogen (secondary N) is 1. The Morgan fingerprint density at radius 3 is 2.25 bits per heavy atom. The lowest BCUT2D eigenvalue weighted by Gasteiger charge is -2.29.